The van der Waals surface area contributed by atoms with Gasteiger partial charge in [0.15, 0.2) is 0 Å². The molecule has 142 valence electrons. The number of halogens is 2. The van der Waals surface area contributed by atoms with Gasteiger partial charge in [-0.05, 0) is 65.5 Å². The van der Waals surface area contributed by atoms with E-state index in [1.54, 1.807) is 12.1 Å². The van der Waals surface area contributed by atoms with E-state index in [1.807, 2.05) is 18.2 Å². The normalized spacial score (nSPS) is 10.5. The Labute approximate surface area is 169 Å². The molecule has 0 aliphatic carbocycles. The number of aryl methyl sites for hydroxylation is 1. The molecule has 0 aliphatic rings. The molecule has 0 aliphatic heterocycles. The second-order valence-electron chi connectivity index (χ2n) is 6.72. The number of isothiocyanates is 1. The zero-order chi connectivity index (χ0) is 19.9. The second-order valence-corrected chi connectivity index (χ2v) is 6.90. The molecule has 0 fully saturated rings. The van der Waals surface area contributed by atoms with Gasteiger partial charge in [0.1, 0.15) is 17.3 Å². The quantitative estimate of drug-likeness (QED) is 0.227. The van der Waals surface area contributed by atoms with Crippen molar-refractivity contribution in [3.8, 4) is 22.3 Å². The maximum Gasteiger partial charge on any atom is 0.150 e. The van der Waals surface area contributed by atoms with Crippen LogP contribution in [0.3, 0.4) is 0 Å². The number of rotatable bonds is 7. The van der Waals surface area contributed by atoms with E-state index < -0.39 is 11.6 Å². The van der Waals surface area contributed by atoms with Gasteiger partial charge in [-0.15, -0.1) is 0 Å². The highest BCUT2D eigenvalue weighted by atomic mass is 32.1. The maximum absolute atomic E-state index is 14.7. The highest BCUT2D eigenvalue weighted by Crippen LogP contribution is 2.30. The van der Waals surface area contributed by atoms with E-state index in [0.717, 1.165) is 17.5 Å². The molecule has 3 aromatic rings. The monoisotopic (exact) mass is 393 g/mol. The molecular formula is C24H21F2NS. The van der Waals surface area contributed by atoms with Crippen molar-refractivity contribution >= 4 is 23.1 Å². The van der Waals surface area contributed by atoms with Crippen LogP contribution in [0.4, 0.5) is 14.5 Å². The predicted octanol–water partition coefficient (Wildman–Crippen LogP) is 7.77. The first-order chi connectivity index (χ1) is 13.6. The van der Waals surface area contributed by atoms with E-state index in [4.69, 9.17) is 0 Å². The fourth-order valence-electron chi connectivity index (χ4n) is 3.19. The van der Waals surface area contributed by atoms with Crippen LogP contribution in [0.5, 0.6) is 0 Å². The van der Waals surface area contributed by atoms with Gasteiger partial charge in [-0.3, -0.25) is 0 Å². The minimum absolute atomic E-state index is 0.0924. The van der Waals surface area contributed by atoms with Crippen LogP contribution in [-0.2, 0) is 6.42 Å². The third-order valence-electron chi connectivity index (χ3n) is 4.75. The van der Waals surface area contributed by atoms with E-state index in [9.17, 15) is 8.78 Å². The van der Waals surface area contributed by atoms with Crippen molar-refractivity contribution in [2.45, 2.75) is 32.6 Å². The maximum atomic E-state index is 14.7. The zero-order valence-electron chi connectivity index (χ0n) is 15.7. The summed E-state index contributed by atoms with van der Waals surface area (Å²) in [6.07, 6.45) is 4.68. The number of thiocarbonyl (C=S) groups is 1. The number of nitrogens with zero attached hydrogens (tertiary/aromatic N) is 1. The number of benzene rings is 3. The molecule has 0 saturated carbocycles. The van der Waals surface area contributed by atoms with Crippen LogP contribution in [0.1, 0.15) is 31.7 Å². The van der Waals surface area contributed by atoms with Crippen LogP contribution in [0, 0.1) is 11.6 Å². The molecule has 4 heteroatoms. The molecule has 0 aromatic heterocycles. The molecule has 0 saturated heterocycles. The SMILES string of the molecule is CCCCCc1ccc(-c2ccc(-c3ccc(N=C=S)c(F)c3)c(F)c2)cc1. The van der Waals surface area contributed by atoms with Crippen molar-refractivity contribution in [1.29, 1.82) is 0 Å². The van der Waals surface area contributed by atoms with Crippen LogP contribution >= 0.6 is 12.2 Å². The van der Waals surface area contributed by atoms with E-state index in [2.05, 4.69) is 41.4 Å². The third kappa shape index (κ3) is 4.78. The summed E-state index contributed by atoms with van der Waals surface area (Å²) in [7, 11) is 0. The molecule has 0 heterocycles. The number of hydrogen-bond acceptors (Lipinski definition) is 2. The first-order valence-corrected chi connectivity index (χ1v) is 9.80. The molecule has 0 bridgehead atoms. The lowest BCUT2D eigenvalue weighted by molar-refractivity contribution is 0.626. The Balaban J connectivity index is 1.82. The van der Waals surface area contributed by atoms with Crippen LogP contribution in [-0.4, -0.2) is 5.16 Å². The highest BCUT2D eigenvalue weighted by molar-refractivity contribution is 7.78. The Hall–Kier alpha value is -2.68. The molecule has 0 amide bonds. The number of unbranched alkanes of at least 4 members (excludes halogenated alkanes) is 2. The summed E-state index contributed by atoms with van der Waals surface area (Å²) in [5, 5.41) is 2.13. The van der Waals surface area contributed by atoms with E-state index in [0.29, 0.717) is 11.1 Å². The van der Waals surface area contributed by atoms with Crippen molar-refractivity contribution in [2.24, 2.45) is 4.99 Å². The van der Waals surface area contributed by atoms with E-state index in [-0.39, 0.29) is 5.69 Å². The molecule has 0 spiro atoms. The molecule has 3 rings (SSSR count). The summed E-state index contributed by atoms with van der Waals surface area (Å²) in [6.45, 7) is 2.19. The average Bonchev–Trinajstić information content (AvgIpc) is 2.70. The van der Waals surface area contributed by atoms with Gasteiger partial charge in [0.05, 0.1) is 5.16 Å². The summed E-state index contributed by atoms with van der Waals surface area (Å²) >= 11 is 4.49. The summed E-state index contributed by atoms with van der Waals surface area (Å²) in [6, 6.07) is 17.6. The van der Waals surface area contributed by atoms with Crippen LogP contribution in [0.25, 0.3) is 22.3 Å². The van der Waals surface area contributed by atoms with Crippen molar-refractivity contribution in [3.05, 3.63) is 77.9 Å². The van der Waals surface area contributed by atoms with Crippen LogP contribution in [0.15, 0.2) is 65.7 Å². The molecule has 0 radical (unpaired) electrons. The Bertz CT molecular complexity index is 1010. The smallest absolute Gasteiger partial charge is 0.150 e. The summed E-state index contributed by atoms with van der Waals surface area (Å²) in [4.78, 5) is 3.64. The summed E-state index contributed by atoms with van der Waals surface area (Å²) in [5.41, 5.74) is 3.94. The fourth-order valence-corrected chi connectivity index (χ4v) is 3.28. The molecule has 0 unspecified atom stereocenters. The van der Waals surface area contributed by atoms with Gasteiger partial charge in [-0.25, -0.2) is 8.78 Å². The van der Waals surface area contributed by atoms with Crippen molar-refractivity contribution in [1.82, 2.24) is 0 Å². The van der Waals surface area contributed by atoms with Crippen molar-refractivity contribution in [2.75, 3.05) is 0 Å². The van der Waals surface area contributed by atoms with Crippen LogP contribution < -0.4 is 0 Å². The third-order valence-corrected chi connectivity index (χ3v) is 4.84. The van der Waals surface area contributed by atoms with Gasteiger partial charge in [0.2, 0.25) is 0 Å². The lowest BCUT2D eigenvalue weighted by Crippen LogP contribution is -1.89. The first-order valence-electron chi connectivity index (χ1n) is 9.39. The van der Waals surface area contributed by atoms with Crippen molar-refractivity contribution in [3.63, 3.8) is 0 Å². The first kappa shape index (κ1) is 20.1. The molecule has 0 atom stereocenters. The second kappa shape index (κ2) is 9.50. The van der Waals surface area contributed by atoms with Gasteiger partial charge in [-0.2, -0.15) is 4.99 Å². The fraction of sp³-hybridized carbons (Fsp3) is 0.208. The summed E-state index contributed by atoms with van der Waals surface area (Å²) in [5.74, 6) is -0.952. The van der Waals surface area contributed by atoms with Gasteiger partial charge in [0.25, 0.3) is 0 Å². The highest BCUT2D eigenvalue weighted by Gasteiger charge is 2.10. The Morgan fingerprint density at radius 2 is 1.50 bits per heavy atom. The largest absolute Gasteiger partial charge is 0.206 e. The lowest BCUT2D eigenvalue weighted by atomic mass is 9.98. The lowest BCUT2D eigenvalue weighted by Gasteiger charge is -2.09. The molecule has 0 N–H and O–H groups in total. The minimum Gasteiger partial charge on any atom is -0.206 e. The van der Waals surface area contributed by atoms with E-state index >= 15 is 0 Å². The Morgan fingerprint density at radius 3 is 2.14 bits per heavy atom. The van der Waals surface area contributed by atoms with Gasteiger partial charge < -0.3 is 0 Å². The topological polar surface area (TPSA) is 12.4 Å². The number of hydrogen-bond donors (Lipinski definition) is 0. The summed E-state index contributed by atoms with van der Waals surface area (Å²) < 4.78 is 28.8. The van der Waals surface area contributed by atoms with Crippen molar-refractivity contribution < 1.29 is 8.78 Å². The average molecular weight is 394 g/mol. The van der Waals surface area contributed by atoms with Gasteiger partial charge in [-0.1, -0.05) is 62.2 Å². The Morgan fingerprint density at radius 1 is 0.821 bits per heavy atom. The molecular weight excluding hydrogens is 372 g/mol. The van der Waals surface area contributed by atoms with E-state index in [1.165, 1.54) is 43.0 Å². The Kier molecular flexibility index (Phi) is 6.80. The molecule has 28 heavy (non-hydrogen) atoms. The molecule has 3 aromatic carbocycles. The standard InChI is InChI=1S/C24H21F2NS/c1-2-3-4-5-17-6-8-18(9-7-17)19-10-12-21(22(25)14-19)20-11-13-24(27-16-28)23(26)15-20/h6-15H,2-5H2,1H3. The zero-order valence-corrected chi connectivity index (χ0v) is 16.5. The van der Waals surface area contributed by atoms with Gasteiger partial charge in [0, 0.05) is 5.56 Å². The van der Waals surface area contributed by atoms with Gasteiger partial charge >= 0.3 is 0 Å². The predicted molar refractivity (Wildman–Crippen MR) is 115 cm³/mol. The number of aliphatic imine (C=N–C) groups is 1. The minimum atomic E-state index is -0.558. The molecule has 1 nitrogen and oxygen atoms in total. The van der Waals surface area contributed by atoms with Crippen LogP contribution in [0.2, 0.25) is 0 Å².